The van der Waals surface area contributed by atoms with Crippen molar-refractivity contribution in [3.05, 3.63) is 24.3 Å². The van der Waals surface area contributed by atoms with Gasteiger partial charge in [0.15, 0.2) is 6.29 Å². The van der Waals surface area contributed by atoms with Crippen LogP contribution in [0.2, 0.25) is 0 Å². The van der Waals surface area contributed by atoms with Gasteiger partial charge in [-0.15, -0.1) is 0 Å². The molecule has 0 aromatic heterocycles. The number of unbranched alkanes of at least 4 members (excludes halogenated alkanes) is 12. The first-order valence-electron chi connectivity index (χ1n) is 18.2. The van der Waals surface area contributed by atoms with Crippen molar-refractivity contribution >= 4 is 5.91 Å². The van der Waals surface area contributed by atoms with Gasteiger partial charge < -0.3 is 50.5 Å². The van der Waals surface area contributed by atoms with E-state index in [0.29, 0.717) is 12.8 Å². The maximum absolute atomic E-state index is 12.9. The van der Waals surface area contributed by atoms with Crippen molar-refractivity contribution in [2.45, 2.75) is 184 Å². The summed E-state index contributed by atoms with van der Waals surface area (Å²) in [5.41, 5.74) is 0. The second kappa shape index (κ2) is 27.4. The van der Waals surface area contributed by atoms with E-state index in [9.17, 15) is 40.5 Å². The van der Waals surface area contributed by atoms with Gasteiger partial charge in [0.2, 0.25) is 5.91 Å². The van der Waals surface area contributed by atoms with Gasteiger partial charge in [-0.3, -0.25) is 4.79 Å². The van der Waals surface area contributed by atoms with Crippen LogP contribution in [0.25, 0.3) is 0 Å². The van der Waals surface area contributed by atoms with Crippen molar-refractivity contribution < 1.29 is 50.0 Å². The first-order valence-corrected chi connectivity index (χ1v) is 18.2. The summed E-state index contributed by atoms with van der Waals surface area (Å²) in [5.74, 6) is -0.747. The second-order valence-corrected chi connectivity index (χ2v) is 12.9. The van der Waals surface area contributed by atoms with E-state index in [-0.39, 0.29) is 12.8 Å². The van der Waals surface area contributed by atoms with Crippen molar-refractivity contribution in [2.24, 2.45) is 0 Å². The quantitative estimate of drug-likeness (QED) is 0.0451. The summed E-state index contributed by atoms with van der Waals surface area (Å²) < 4.78 is 11.0. The van der Waals surface area contributed by atoms with Gasteiger partial charge in [0.1, 0.15) is 36.6 Å². The highest BCUT2D eigenvalue weighted by atomic mass is 16.7. The molecule has 1 fully saturated rings. The Kier molecular flexibility index (Phi) is 25.4. The Hall–Kier alpha value is -1.41. The number of nitrogens with one attached hydrogen (secondary N) is 1. The van der Waals surface area contributed by atoms with Crippen molar-refractivity contribution in [3.63, 3.8) is 0 Å². The summed E-state index contributed by atoms with van der Waals surface area (Å²) >= 11 is 0. The van der Waals surface area contributed by atoms with Gasteiger partial charge in [0, 0.05) is 0 Å². The molecule has 0 aromatic rings. The fourth-order valence-corrected chi connectivity index (χ4v) is 5.56. The molecule has 0 bridgehead atoms. The van der Waals surface area contributed by atoms with Crippen LogP contribution in [0.15, 0.2) is 24.3 Å². The van der Waals surface area contributed by atoms with Gasteiger partial charge in [0.05, 0.1) is 25.4 Å². The van der Waals surface area contributed by atoms with Gasteiger partial charge in [0.25, 0.3) is 0 Å². The van der Waals surface area contributed by atoms with Crippen LogP contribution in [0.4, 0.5) is 0 Å². The number of allylic oxidation sites excluding steroid dienone is 4. The molecule has 47 heavy (non-hydrogen) atoms. The lowest BCUT2D eigenvalue weighted by atomic mass is 9.99. The Bertz CT molecular complexity index is 826. The molecule has 1 heterocycles. The molecule has 0 aromatic carbocycles. The maximum Gasteiger partial charge on any atom is 0.249 e. The molecule has 0 radical (unpaired) electrons. The Labute approximate surface area is 283 Å². The highest BCUT2D eigenvalue weighted by Gasteiger charge is 2.44. The molecular formula is C36H67NO10. The van der Waals surface area contributed by atoms with Crippen LogP contribution in [-0.4, -0.2) is 110 Å². The van der Waals surface area contributed by atoms with Crippen LogP contribution < -0.4 is 5.32 Å². The van der Waals surface area contributed by atoms with Crippen LogP contribution in [-0.2, 0) is 14.3 Å². The minimum atomic E-state index is -1.67. The zero-order valence-electron chi connectivity index (χ0n) is 29.0. The highest BCUT2D eigenvalue weighted by molar-refractivity contribution is 5.80. The minimum Gasteiger partial charge on any atom is -0.394 e. The third-order valence-corrected chi connectivity index (χ3v) is 8.73. The van der Waals surface area contributed by atoms with Gasteiger partial charge >= 0.3 is 0 Å². The summed E-state index contributed by atoms with van der Waals surface area (Å²) in [6, 6.07) is -1.19. The van der Waals surface area contributed by atoms with Crippen LogP contribution >= 0.6 is 0 Å². The van der Waals surface area contributed by atoms with E-state index < -0.39 is 74.2 Å². The number of amides is 1. The lowest BCUT2D eigenvalue weighted by molar-refractivity contribution is -0.303. The number of aliphatic hydroxyl groups excluding tert-OH is 7. The van der Waals surface area contributed by atoms with Crippen LogP contribution in [0.5, 0.6) is 0 Å². The summed E-state index contributed by atoms with van der Waals surface area (Å²) in [6.07, 6.45) is 14.2. The molecule has 1 saturated heterocycles. The Morgan fingerprint density at radius 2 is 1.26 bits per heavy atom. The van der Waals surface area contributed by atoms with Gasteiger partial charge in [-0.2, -0.15) is 0 Å². The normalized spacial score (nSPS) is 24.5. The number of rotatable bonds is 28. The predicted molar refractivity (Wildman–Crippen MR) is 182 cm³/mol. The van der Waals surface area contributed by atoms with E-state index in [1.165, 1.54) is 57.8 Å². The predicted octanol–water partition coefficient (Wildman–Crippen LogP) is 3.54. The van der Waals surface area contributed by atoms with E-state index in [4.69, 9.17) is 9.47 Å². The summed E-state index contributed by atoms with van der Waals surface area (Å²) in [6.45, 7) is 3.28. The molecule has 9 unspecified atom stereocenters. The van der Waals surface area contributed by atoms with Gasteiger partial charge in [-0.25, -0.2) is 0 Å². The SMILES string of the molecule is CCCCCC/C=C\CCC(O)C(=O)NC(COC1OC(CO)C(O)C(O)C1O)C(O)C(O)CCC/C=C/CCCCCCCCC. The fraction of sp³-hybridized carbons (Fsp3) is 0.861. The lowest BCUT2D eigenvalue weighted by Crippen LogP contribution is -2.60. The van der Waals surface area contributed by atoms with Crippen molar-refractivity contribution in [3.8, 4) is 0 Å². The molecule has 9 atom stereocenters. The maximum atomic E-state index is 12.9. The van der Waals surface area contributed by atoms with E-state index in [1.54, 1.807) is 0 Å². The highest BCUT2D eigenvalue weighted by Crippen LogP contribution is 2.23. The number of carbonyl (C=O) groups excluding carboxylic acids is 1. The number of aliphatic hydroxyl groups is 7. The molecule has 1 amide bonds. The molecule has 1 aliphatic heterocycles. The molecular weight excluding hydrogens is 606 g/mol. The molecule has 1 rings (SSSR count). The standard InChI is InChI=1S/C36H67NO10/c1-3-5-7-9-11-13-14-15-16-18-19-21-23-28(39)31(41)27(26-46-36-34(44)33(43)32(42)30(25-38)47-36)37-35(45)29(40)24-22-20-17-12-10-8-6-4-2/h16-18,20,27-34,36,38-44H,3-15,19,21-26H2,1-2H3,(H,37,45)/b18-16+,20-17-. The van der Waals surface area contributed by atoms with Crippen LogP contribution in [0, 0.1) is 0 Å². The zero-order valence-corrected chi connectivity index (χ0v) is 29.0. The lowest BCUT2D eigenvalue weighted by Gasteiger charge is -2.40. The van der Waals surface area contributed by atoms with E-state index >= 15 is 0 Å². The topological polar surface area (TPSA) is 189 Å². The molecule has 0 saturated carbocycles. The van der Waals surface area contributed by atoms with Crippen LogP contribution in [0.3, 0.4) is 0 Å². The molecule has 11 heteroatoms. The summed E-state index contributed by atoms with van der Waals surface area (Å²) in [4.78, 5) is 12.9. The number of carbonyl (C=O) groups is 1. The van der Waals surface area contributed by atoms with Crippen molar-refractivity contribution in [1.82, 2.24) is 5.32 Å². The van der Waals surface area contributed by atoms with E-state index in [0.717, 1.165) is 32.1 Å². The molecule has 11 nitrogen and oxygen atoms in total. The van der Waals surface area contributed by atoms with Crippen molar-refractivity contribution in [2.75, 3.05) is 13.2 Å². The van der Waals surface area contributed by atoms with Gasteiger partial charge in [-0.05, 0) is 57.8 Å². The van der Waals surface area contributed by atoms with Crippen molar-refractivity contribution in [1.29, 1.82) is 0 Å². The molecule has 1 aliphatic rings. The average Bonchev–Trinajstić information content (AvgIpc) is 3.07. The van der Waals surface area contributed by atoms with E-state index in [1.807, 2.05) is 12.2 Å². The smallest absolute Gasteiger partial charge is 0.249 e. The molecule has 0 aliphatic carbocycles. The summed E-state index contributed by atoms with van der Waals surface area (Å²) in [5, 5.41) is 74.8. The fourth-order valence-electron chi connectivity index (χ4n) is 5.56. The minimum absolute atomic E-state index is 0.168. The first-order chi connectivity index (χ1) is 22.7. The Morgan fingerprint density at radius 1 is 0.723 bits per heavy atom. The zero-order chi connectivity index (χ0) is 34.9. The number of hydrogen-bond acceptors (Lipinski definition) is 10. The first kappa shape index (κ1) is 43.6. The molecule has 0 spiro atoms. The number of hydrogen-bond donors (Lipinski definition) is 8. The molecule has 8 N–H and O–H groups in total. The third-order valence-electron chi connectivity index (χ3n) is 8.73. The monoisotopic (exact) mass is 673 g/mol. The Morgan fingerprint density at radius 3 is 1.85 bits per heavy atom. The third kappa shape index (κ3) is 18.8. The largest absolute Gasteiger partial charge is 0.394 e. The second-order valence-electron chi connectivity index (χ2n) is 12.9. The summed E-state index contributed by atoms with van der Waals surface area (Å²) in [7, 11) is 0. The number of ether oxygens (including phenoxy) is 2. The van der Waals surface area contributed by atoms with E-state index in [2.05, 4.69) is 31.3 Å². The average molecular weight is 674 g/mol. The molecule has 276 valence electrons. The Balaban J connectivity index is 2.66. The van der Waals surface area contributed by atoms with Crippen LogP contribution in [0.1, 0.15) is 129 Å². The van der Waals surface area contributed by atoms with Gasteiger partial charge in [-0.1, -0.05) is 95.9 Å².